The Morgan fingerprint density at radius 2 is 2.15 bits per heavy atom. The molecule has 1 saturated heterocycles. The Balaban J connectivity index is 1.99. The molecule has 2 N–H and O–H groups in total. The zero-order valence-corrected chi connectivity index (χ0v) is 13.6. The zero-order valence-electron chi connectivity index (χ0n) is 13.6. The summed E-state index contributed by atoms with van der Waals surface area (Å²) >= 11 is 0. The summed E-state index contributed by atoms with van der Waals surface area (Å²) in [6.07, 6.45) is 2.15. The highest BCUT2D eigenvalue weighted by Crippen LogP contribution is 2.44. The predicted molar refractivity (Wildman–Crippen MR) is 80.5 cm³/mol. The van der Waals surface area contributed by atoms with Crippen molar-refractivity contribution < 1.29 is 9.53 Å². The molecular weight excluding hydrogens is 252 g/mol. The second-order valence-corrected chi connectivity index (χ2v) is 7.26. The quantitative estimate of drug-likeness (QED) is 0.810. The van der Waals surface area contributed by atoms with E-state index in [0.29, 0.717) is 5.92 Å². The summed E-state index contributed by atoms with van der Waals surface area (Å²) in [4.78, 5) is 12.8. The lowest BCUT2D eigenvalue weighted by Gasteiger charge is -2.52. The van der Waals surface area contributed by atoms with Gasteiger partial charge in [0.1, 0.15) is 0 Å². The van der Waals surface area contributed by atoms with E-state index in [1.165, 1.54) is 0 Å². The van der Waals surface area contributed by atoms with Crippen molar-refractivity contribution in [2.75, 3.05) is 19.7 Å². The summed E-state index contributed by atoms with van der Waals surface area (Å²) < 4.78 is 5.74. The van der Waals surface area contributed by atoms with E-state index in [9.17, 15) is 4.79 Å². The highest BCUT2D eigenvalue weighted by molar-refractivity contribution is 5.84. The van der Waals surface area contributed by atoms with Gasteiger partial charge in [-0.25, -0.2) is 0 Å². The van der Waals surface area contributed by atoms with Gasteiger partial charge in [0.2, 0.25) is 5.91 Å². The normalized spacial score (nSPS) is 35.9. The minimum absolute atomic E-state index is 0.0376. The number of carbonyl (C=O) groups excluding carboxylic acids is 1. The van der Waals surface area contributed by atoms with Crippen LogP contribution in [-0.4, -0.2) is 37.7 Å². The van der Waals surface area contributed by atoms with Gasteiger partial charge >= 0.3 is 0 Å². The van der Waals surface area contributed by atoms with Crippen molar-refractivity contribution in [1.82, 2.24) is 10.6 Å². The van der Waals surface area contributed by atoms with Crippen LogP contribution in [0.2, 0.25) is 0 Å². The highest BCUT2D eigenvalue weighted by atomic mass is 16.5. The maximum atomic E-state index is 12.8. The van der Waals surface area contributed by atoms with Gasteiger partial charge in [-0.05, 0) is 32.2 Å². The van der Waals surface area contributed by atoms with Crippen molar-refractivity contribution >= 4 is 5.91 Å². The Kier molecular flexibility index (Phi) is 4.45. The van der Waals surface area contributed by atoms with E-state index in [1.54, 1.807) is 0 Å². The number of amides is 1. The average molecular weight is 282 g/mol. The predicted octanol–water partition coefficient (Wildman–Crippen LogP) is 1.94. The van der Waals surface area contributed by atoms with Gasteiger partial charge in [0.15, 0.2) is 0 Å². The molecule has 0 aromatic heterocycles. The number of hydrogen-bond acceptors (Lipinski definition) is 3. The molecule has 20 heavy (non-hydrogen) atoms. The first-order chi connectivity index (χ1) is 9.34. The zero-order chi connectivity index (χ0) is 15.0. The van der Waals surface area contributed by atoms with Gasteiger partial charge in [0, 0.05) is 24.6 Å². The van der Waals surface area contributed by atoms with Gasteiger partial charge in [-0.2, -0.15) is 0 Å². The Labute approximate surface area is 123 Å². The van der Waals surface area contributed by atoms with Gasteiger partial charge in [0.05, 0.1) is 11.5 Å². The van der Waals surface area contributed by atoms with Crippen LogP contribution in [-0.2, 0) is 9.53 Å². The summed E-state index contributed by atoms with van der Waals surface area (Å²) in [6, 6.07) is 0.239. The molecule has 1 heterocycles. The molecule has 2 aliphatic rings. The maximum Gasteiger partial charge on any atom is 0.228 e. The molecule has 1 amide bonds. The molecule has 4 nitrogen and oxygen atoms in total. The Hall–Kier alpha value is -0.610. The van der Waals surface area contributed by atoms with Crippen LogP contribution in [0.25, 0.3) is 0 Å². The lowest BCUT2D eigenvalue weighted by atomic mass is 9.64. The van der Waals surface area contributed by atoms with Gasteiger partial charge in [-0.15, -0.1) is 0 Å². The fourth-order valence-electron chi connectivity index (χ4n) is 3.58. The molecule has 1 aliphatic carbocycles. The second kappa shape index (κ2) is 5.64. The smallest absolute Gasteiger partial charge is 0.228 e. The van der Waals surface area contributed by atoms with Crippen LogP contribution in [0.1, 0.15) is 47.5 Å². The standard InChI is InChI=1S/C16H30N2O2/c1-6-20-13-9-12(15(13,4)5)18-14(19)16(11(2)3)7-8-17-10-16/h11-13,17H,6-10H2,1-5H3,(H,18,19). The van der Waals surface area contributed by atoms with Crippen molar-refractivity contribution in [3.8, 4) is 0 Å². The molecule has 0 spiro atoms. The third-order valence-corrected chi connectivity index (χ3v) is 5.60. The minimum atomic E-state index is -0.229. The van der Waals surface area contributed by atoms with Crippen LogP contribution in [0.5, 0.6) is 0 Å². The molecule has 0 radical (unpaired) electrons. The molecule has 1 saturated carbocycles. The molecule has 2 rings (SSSR count). The third-order valence-electron chi connectivity index (χ3n) is 5.60. The van der Waals surface area contributed by atoms with Crippen LogP contribution >= 0.6 is 0 Å². The van der Waals surface area contributed by atoms with E-state index in [4.69, 9.17) is 4.74 Å². The van der Waals surface area contributed by atoms with Crippen LogP contribution in [0.15, 0.2) is 0 Å². The molecule has 2 fully saturated rings. The van der Waals surface area contributed by atoms with Crippen LogP contribution in [0.4, 0.5) is 0 Å². The summed E-state index contributed by atoms with van der Waals surface area (Å²) in [5.74, 6) is 0.592. The summed E-state index contributed by atoms with van der Waals surface area (Å²) in [7, 11) is 0. The second-order valence-electron chi connectivity index (χ2n) is 7.26. The van der Waals surface area contributed by atoms with Crippen molar-refractivity contribution in [2.45, 2.75) is 59.6 Å². The summed E-state index contributed by atoms with van der Waals surface area (Å²) in [5, 5.41) is 6.65. The number of carbonyl (C=O) groups is 1. The molecular formula is C16H30N2O2. The Morgan fingerprint density at radius 3 is 2.60 bits per heavy atom. The van der Waals surface area contributed by atoms with Gasteiger partial charge in [-0.1, -0.05) is 27.7 Å². The lowest BCUT2D eigenvalue weighted by molar-refractivity contribution is -0.145. The van der Waals surface area contributed by atoms with Crippen molar-refractivity contribution in [1.29, 1.82) is 0 Å². The van der Waals surface area contributed by atoms with Crippen LogP contribution in [0.3, 0.4) is 0 Å². The molecule has 3 unspecified atom stereocenters. The van der Waals surface area contributed by atoms with Crippen molar-refractivity contribution in [3.05, 3.63) is 0 Å². The largest absolute Gasteiger partial charge is 0.378 e. The van der Waals surface area contributed by atoms with E-state index in [1.807, 2.05) is 6.92 Å². The minimum Gasteiger partial charge on any atom is -0.378 e. The fraction of sp³-hybridized carbons (Fsp3) is 0.938. The summed E-state index contributed by atoms with van der Waals surface area (Å²) in [5.41, 5.74) is -0.192. The topological polar surface area (TPSA) is 50.4 Å². The van der Waals surface area contributed by atoms with E-state index in [0.717, 1.165) is 32.5 Å². The highest BCUT2D eigenvalue weighted by Gasteiger charge is 2.52. The lowest BCUT2D eigenvalue weighted by Crippen LogP contribution is -2.64. The molecule has 116 valence electrons. The number of ether oxygens (including phenoxy) is 1. The first-order valence-corrected chi connectivity index (χ1v) is 7.98. The molecule has 0 aromatic rings. The maximum absolute atomic E-state index is 12.8. The average Bonchev–Trinajstić information content (AvgIpc) is 2.88. The van der Waals surface area contributed by atoms with Crippen LogP contribution < -0.4 is 10.6 Å². The fourth-order valence-corrected chi connectivity index (χ4v) is 3.58. The number of rotatable bonds is 5. The first kappa shape index (κ1) is 15.8. The van der Waals surface area contributed by atoms with Crippen molar-refractivity contribution in [2.24, 2.45) is 16.7 Å². The first-order valence-electron chi connectivity index (χ1n) is 7.98. The third kappa shape index (κ3) is 2.48. The molecule has 0 aromatic carbocycles. The number of hydrogen-bond donors (Lipinski definition) is 2. The van der Waals surface area contributed by atoms with Crippen molar-refractivity contribution in [3.63, 3.8) is 0 Å². The Morgan fingerprint density at radius 1 is 1.45 bits per heavy atom. The van der Waals surface area contributed by atoms with Gasteiger partial charge < -0.3 is 15.4 Å². The van der Waals surface area contributed by atoms with E-state index >= 15 is 0 Å². The molecule has 3 atom stereocenters. The van der Waals surface area contributed by atoms with Gasteiger partial charge in [0.25, 0.3) is 0 Å². The van der Waals surface area contributed by atoms with Gasteiger partial charge in [-0.3, -0.25) is 4.79 Å². The van der Waals surface area contributed by atoms with E-state index < -0.39 is 0 Å². The SMILES string of the molecule is CCOC1CC(NC(=O)C2(C(C)C)CCNC2)C1(C)C. The summed E-state index contributed by atoms with van der Waals surface area (Å²) in [6.45, 7) is 13.2. The van der Waals surface area contributed by atoms with Crippen LogP contribution in [0, 0.1) is 16.7 Å². The monoisotopic (exact) mass is 282 g/mol. The molecule has 0 bridgehead atoms. The van der Waals surface area contributed by atoms with E-state index in [2.05, 4.69) is 38.3 Å². The molecule has 1 aliphatic heterocycles. The molecule has 4 heteroatoms. The number of nitrogens with one attached hydrogen (secondary N) is 2. The Bertz CT molecular complexity index is 359. The van der Waals surface area contributed by atoms with E-state index in [-0.39, 0.29) is 28.9 Å².